The molecule has 0 saturated heterocycles. The SMILES string of the molecule is CN(CC(=O)N(Cc1ccc(Cl)cc1)[C@H](Cc1ccccc1)C(=O)NC1CCCC1)S(=O)(=O)c1ccc2ccccc2c1. The minimum Gasteiger partial charge on any atom is -0.352 e. The zero-order chi connectivity index (χ0) is 30.4. The summed E-state index contributed by atoms with van der Waals surface area (Å²) in [5, 5.41) is 5.44. The Morgan fingerprint density at radius 3 is 2.21 bits per heavy atom. The summed E-state index contributed by atoms with van der Waals surface area (Å²) in [5.41, 5.74) is 1.68. The highest BCUT2D eigenvalue weighted by Crippen LogP contribution is 2.23. The molecule has 1 aliphatic carbocycles. The number of sulfonamides is 1. The maximum absolute atomic E-state index is 14.1. The van der Waals surface area contributed by atoms with Crippen LogP contribution >= 0.6 is 11.6 Å². The Bertz CT molecular complexity index is 1670. The van der Waals surface area contributed by atoms with E-state index in [2.05, 4.69) is 5.32 Å². The largest absolute Gasteiger partial charge is 0.352 e. The minimum atomic E-state index is -3.99. The molecule has 0 aromatic heterocycles. The van der Waals surface area contributed by atoms with Gasteiger partial charge in [0.05, 0.1) is 11.4 Å². The lowest BCUT2D eigenvalue weighted by atomic mass is 10.0. The third-order valence-corrected chi connectivity index (χ3v) is 10.1. The monoisotopic (exact) mass is 617 g/mol. The predicted octanol–water partition coefficient (Wildman–Crippen LogP) is 5.81. The number of nitrogens with one attached hydrogen (secondary N) is 1. The van der Waals surface area contributed by atoms with Crippen molar-refractivity contribution >= 4 is 44.2 Å². The molecule has 1 atom stereocenters. The smallest absolute Gasteiger partial charge is 0.243 e. The number of amides is 2. The molecule has 7 nitrogen and oxygen atoms in total. The predicted molar refractivity (Wildman–Crippen MR) is 170 cm³/mol. The second kappa shape index (κ2) is 13.7. The molecule has 1 fully saturated rings. The van der Waals surface area contributed by atoms with Crippen molar-refractivity contribution in [1.29, 1.82) is 0 Å². The average Bonchev–Trinajstić information content (AvgIpc) is 3.53. The van der Waals surface area contributed by atoms with Crippen molar-refractivity contribution in [3.05, 3.63) is 113 Å². The van der Waals surface area contributed by atoms with Gasteiger partial charge in [0.2, 0.25) is 21.8 Å². The summed E-state index contributed by atoms with van der Waals surface area (Å²) in [4.78, 5) is 29.6. The number of fused-ring (bicyclic) bond motifs is 1. The van der Waals surface area contributed by atoms with Crippen LogP contribution in [0.25, 0.3) is 10.8 Å². The van der Waals surface area contributed by atoms with Gasteiger partial charge in [-0.05, 0) is 59.0 Å². The fraction of sp³-hybridized carbons (Fsp3) is 0.294. The number of carbonyl (C=O) groups is 2. The van der Waals surface area contributed by atoms with E-state index in [9.17, 15) is 18.0 Å². The molecular formula is C34H36ClN3O4S. The molecule has 0 bridgehead atoms. The van der Waals surface area contributed by atoms with E-state index < -0.39 is 28.5 Å². The Labute approximate surface area is 258 Å². The molecule has 4 aromatic rings. The van der Waals surface area contributed by atoms with E-state index in [0.29, 0.717) is 11.4 Å². The van der Waals surface area contributed by atoms with Gasteiger partial charge in [0.15, 0.2) is 0 Å². The first-order chi connectivity index (χ1) is 20.7. The van der Waals surface area contributed by atoms with Gasteiger partial charge in [-0.25, -0.2) is 8.42 Å². The average molecular weight is 618 g/mol. The van der Waals surface area contributed by atoms with Gasteiger partial charge in [0, 0.05) is 31.1 Å². The molecule has 0 aliphatic heterocycles. The van der Waals surface area contributed by atoms with Gasteiger partial charge >= 0.3 is 0 Å². The zero-order valence-electron chi connectivity index (χ0n) is 24.2. The Morgan fingerprint density at radius 1 is 0.860 bits per heavy atom. The Balaban J connectivity index is 1.45. The van der Waals surface area contributed by atoms with Crippen molar-refractivity contribution < 1.29 is 18.0 Å². The third-order valence-electron chi connectivity index (χ3n) is 8.03. The van der Waals surface area contributed by atoms with E-state index in [1.807, 2.05) is 66.7 Å². The summed E-state index contributed by atoms with van der Waals surface area (Å²) in [5.74, 6) is -0.706. The molecule has 43 heavy (non-hydrogen) atoms. The molecule has 0 spiro atoms. The first-order valence-corrected chi connectivity index (χ1v) is 16.4. The Kier molecular flexibility index (Phi) is 9.80. The molecular weight excluding hydrogens is 582 g/mol. The van der Waals surface area contributed by atoms with E-state index in [1.54, 1.807) is 30.3 Å². The topological polar surface area (TPSA) is 86.8 Å². The molecule has 1 aliphatic rings. The van der Waals surface area contributed by atoms with Crippen molar-refractivity contribution in [2.75, 3.05) is 13.6 Å². The van der Waals surface area contributed by atoms with Gasteiger partial charge in [-0.3, -0.25) is 9.59 Å². The summed E-state index contributed by atoms with van der Waals surface area (Å²) in [6.07, 6.45) is 4.21. The Hall–Kier alpha value is -3.72. The second-order valence-corrected chi connectivity index (χ2v) is 13.6. The second-order valence-electron chi connectivity index (χ2n) is 11.1. The van der Waals surface area contributed by atoms with Crippen LogP contribution in [0.3, 0.4) is 0 Å². The van der Waals surface area contributed by atoms with E-state index in [0.717, 1.165) is 51.9 Å². The quantitative estimate of drug-likeness (QED) is 0.230. The van der Waals surface area contributed by atoms with Crippen LogP contribution in [0, 0.1) is 0 Å². The standard InChI is InChI=1S/C34H36ClN3O4S/c1-37(43(41,42)31-20-17-27-11-5-6-12-28(27)22-31)24-33(39)38(23-26-15-18-29(35)19-16-26)32(21-25-9-3-2-4-10-25)34(40)36-30-13-7-8-14-30/h2-6,9-12,15-20,22,30,32H,7-8,13-14,21,23-24H2,1H3,(H,36,40)/t32-/m1/s1. The number of benzene rings is 4. The fourth-order valence-corrected chi connectivity index (χ4v) is 6.86. The number of hydrogen-bond acceptors (Lipinski definition) is 4. The highest BCUT2D eigenvalue weighted by atomic mass is 35.5. The lowest BCUT2D eigenvalue weighted by Gasteiger charge is -2.33. The molecule has 224 valence electrons. The first kappa shape index (κ1) is 30.7. The normalized spacial score (nSPS) is 14.6. The lowest BCUT2D eigenvalue weighted by molar-refractivity contribution is -0.141. The first-order valence-electron chi connectivity index (χ1n) is 14.5. The highest BCUT2D eigenvalue weighted by Gasteiger charge is 2.34. The zero-order valence-corrected chi connectivity index (χ0v) is 25.7. The molecule has 9 heteroatoms. The van der Waals surface area contributed by atoms with Crippen molar-refractivity contribution in [3.8, 4) is 0 Å². The van der Waals surface area contributed by atoms with Crippen molar-refractivity contribution in [2.45, 2.75) is 55.6 Å². The maximum Gasteiger partial charge on any atom is 0.243 e. The van der Waals surface area contributed by atoms with Crippen LogP contribution in [0.15, 0.2) is 102 Å². The summed E-state index contributed by atoms with van der Waals surface area (Å²) in [7, 11) is -2.60. The number of nitrogens with zero attached hydrogens (tertiary/aromatic N) is 2. The van der Waals surface area contributed by atoms with Crippen molar-refractivity contribution in [2.24, 2.45) is 0 Å². The van der Waals surface area contributed by atoms with E-state index in [1.165, 1.54) is 11.9 Å². The van der Waals surface area contributed by atoms with Gasteiger partial charge in [-0.1, -0.05) is 97.2 Å². The summed E-state index contributed by atoms with van der Waals surface area (Å²) >= 11 is 6.12. The molecule has 1 N–H and O–H groups in total. The maximum atomic E-state index is 14.1. The Morgan fingerprint density at radius 2 is 1.51 bits per heavy atom. The number of halogens is 1. The fourth-order valence-electron chi connectivity index (χ4n) is 5.58. The summed E-state index contributed by atoms with van der Waals surface area (Å²) < 4.78 is 28.3. The van der Waals surface area contributed by atoms with Crippen molar-refractivity contribution in [1.82, 2.24) is 14.5 Å². The van der Waals surface area contributed by atoms with E-state index in [-0.39, 0.29) is 23.4 Å². The molecule has 1 saturated carbocycles. The molecule has 2 amide bonds. The lowest BCUT2D eigenvalue weighted by Crippen LogP contribution is -2.54. The van der Waals surface area contributed by atoms with Crippen LogP contribution in [-0.2, 0) is 32.6 Å². The minimum absolute atomic E-state index is 0.0641. The molecule has 5 rings (SSSR count). The van der Waals surface area contributed by atoms with Gasteiger partial charge in [0.25, 0.3) is 0 Å². The molecule has 0 radical (unpaired) electrons. The number of hydrogen-bond donors (Lipinski definition) is 1. The van der Waals surface area contributed by atoms with Gasteiger partial charge < -0.3 is 10.2 Å². The van der Waals surface area contributed by atoms with Crippen LogP contribution in [0.4, 0.5) is 0 Å². The van der Waals surface area contributed by atoms with Gasteiger partial charge in [-0.2, -0.15) is 4.31 Å². The number of carbonyl (C=O) groups excluding carboxylic acids is 2. The van der Waals surface area contributed by atoms with Gasteiger partial charge in [-0.15, -0.1) is 0 Å². The van der Waals surface area contributed by atoms with Crippen LogP contribution in [-0.4, -0.2) is 55.1 Å². The van der Waals surface area contributed by atoms with Gasteiger partial charge in [0.1, 0.15) is 6.04 Å². The number of likely N-dealkylation sites (N-methyl/N-ethyl adjacent to an activating group) is 1. The summed E-state index contributed by atoms with van der Waals surface area (Å²) in [6.45, 7) is -0.305. The molecule has 4 aromatic carbocycles. The van der Waals surface area contributed by atoms with E-state index in [4.69, 9.17) is 11.6 Å². The van der Waals surface area contributed by atoms with Crippen LogP contribution in [0.5, 0.6) is 0 Å². The molecule has 0 heterocycles. The van der Waals surface area contributed by atoms with Crippen LogP contribution in [0.1, 0.15) is 36.8 Å². The third kappa shape index (κ3) is 7.63. The van der Waals surface area contributed by atoms with E-state index >= 15 is 0 Å². The number of rotatable bonds is 11. The van der Waals surface area contributed by atoms with Crippen LogP contribution in [0.2, 0.25) is 5.02 Å². The summed E-state index contributed by atoms with van der Waals surface area (Å²) in [6, 6.07) is 28.3. The van der Waals surface area contributed by atoms with Crippen LogP contribution < -0.4 is 5.32 Å². The van der Waals surface area contributed by atoms with Crippen molar-refractivity contribution in [3.63, 3.8) is 0 Å². The molecule has 0 unspecified atom stereocenters. The highest BCUT2D eigenvalue weighted by molar-refractivity contribution is 7.89.